The zero-order valence-electron chi connectivity index (χ0n) is 16.1. The molecule has 0 radical (unpaired) electrons. The van der Waals surface area contributed by atoms with E-state index in [1.54, 1.807) is 31.4 Å². The monoisotopic (exact) mass is 416 g/mol. The molecule has 0 bridgehead atoms. The minimum Gasteiger partial charge on any atom is -0.497 e. The molecule has 0 unspecified atom stereocenters. The molecule has 4 aromatic rings. The molecule has 3 aromatic carbocycles. The Morgan fingerprint density at radius 3 is 2.30 bits per heavy atom. The number of hydrogen-bond acceptors (Lipinski definition) is 5. The molecule has 7 heteroatoms. The van der Waals surface area contributed by atoms with Gasteiger partial charge < -0.3 is 4.74 Å². The van der Waals surface area contributed by atoms with Crippen LogP contribution in [0.15, 0.2) is 78.0 Å². The van der Waals surface area contributed by atoms with Crippen molar-refractivity contribution in [2.45, 2.75) is 10.9 Å². The van der Waals surface area contributed by atoms with E-state index in [9.17, 15) is 4.39 Å². The van der Waals surface area contributed by atoms with Crippen LogP contribution < -0.4 is 4.74 Å². The van der Waals surface area contributed by atoms with Gasteiger partial charge in [0.15, 0.2) is 11.0 Å². The Labute approximate surface area is 177 Å². The fraction of sp³-hybridized carbons (Fsp3) is 0.0870. The summed E-state index contributed by atoms with van der Waals surface area (Å²) in [5, 5.41) is 18.4. The van der Waals surface area contributed by atoms with Gasteiger partial charge in [-0.1, -0.05) is 23.9 Å². The lowest BCUT2D eigenvalue weighted by molar-refractivity contribution is 0.414. The van der Waals surface area contributed by atoms with Gasteiger partial charge in [0, 0.05) is 17.0 Å². The molecule has 0 fully saturated rings. The Kier molecular flexibility index (Phi) is 5.77. The quantitative estimate of drug-likeness (QED) is 0.402. The maximum absolute atomic E-state index is 13.4. The van der Waals surface area contributed by atoms with Crippen LogP contribution in [0, 0.1) is 17.1 Å². The standard InChI is InChI=1S/C23H17FN4OS/c1-29-21-12-10-20(11-13-21)28-22(18-6-8-19(24)9-7-18)26-27-23(28)30-15-17-4-2-16(14-25)3-5-17/h2-13H,15H2,1H3. The number of ether oxygens (including phenoxy) is 1. The van der Waals surface area contributed by atoms with Gasteiger partial charge in [-0.05, 0) is 66.2 Å². The first-order valence-corrected chi connectivity index (χ1v) is 10.1. The molecule has 0 aliphatic heterocycles. The van der Waals surface area contributed by atoms with E-state index < -0.39 is 0 Å². The first-order valence-electron chi connectivity index (χ1n) is 9.15. The number of nitriles is 1. The zero-order chi connectivity index (χ0) is 20.9. The summed E-state index contributed by atoms with van der Waals surface area (Å²) in [5.41, 5.74) is 3.35. The van der Waals surface area contributed by atoms with Gasteiger partial charge in [-0.3, -0.25) is 4.57 Å². The molecule has 148 valence electrons. The van der Waals surface area contributed by atoms with Crippen molar-refractivity contribution in [1.29, 1.82) is 5.26 Å². The predicted octanol–water partition coefficient (Wildman–Crippen LogP) is 5.25. The Bertz CT molecular complexity index is 1180. The van der Waals surface area contributed by atoms with E-state index in [0.29, 0.717) is 22.3 Å². The van der Waals surface area contributed by atoms with E-state index in [-0.39, 0.29) is 5.82 Å². The summed E-state index contributed by atoms with van der Waals surface area (Å²) in [6, 6.07) is 23.4. The highest BCUT2D eigenvalue weighted by Crippen LogP contribution is 2.30. The number of hydrogen-bond donors (Lipinski definition) is 0. The van der Waals surface area contributed by atoms with Crippen LogP contribution in [0.1, 0.15) is 11.1 Å². The summed E-state index contributed by atoms with van der Waals surface area (Å²) in [7, 11) is 1.62. The van der Waals surface area contributed by atoms with Crippen molar-refractivity contribution in [3.05, 3.63) is 89.7 Å². The van der Waals surface area contributed by atoms with Crippen molar-refractivity contribution < 1.29 is 9.13 Å². The summed E-state index contributed by atoms with van der Waals surface area (Å²) in [4.78, 5) is 0. The van der Waals surface area contributed by atoms with E-state index >= 15 is 0 Å². The highest BCUT2D eigenvalue weighted by Gasteiger charge is 2.16. The molecule has 0 saturated carbocycles. The Morgan fingerprint density at radius 1 is 0.967 bits per heavy atom. The number of methoxy groups -OCH3 is 1. The van der Waals surface area contributed by atoms with Gasteiger partial charge in [0.25, 0.3) is 0 Å². The Morgan fingerprint density at radius 2 is 1.67 bits per heavy atom. The van der Waals surface area contributed by atoms with Crippen molar-refractivity contribution in [1.82, 2.24) is 14.8 Å². The largest absolute Gasteiger partial charge is 0.497 e. The van der Waals surface area contributed by atoms with E-state index in [2.05, 4.69) is 16.3 Å². The number of rotatable bonds is 6. The average Bonchev–Trinajstić information content (AvgIpc) is 3.22. The SMILES string of the molecule is COc1ccc(-n2c(SCc3ccc(C#N)cc3)nnc2-c2ccc(F)cc2)cc1. The van der Waals surface area contributed by atoms with Crippen molar-refractivity contribution in [2.75, 3.05) is 7.11 Å². The van der Waals surface area contributed by atoms with E-state index in [1.165, 1.54) is 23.9 Å². The second-order valence-electron chi connectivity index (χ2n) is 6.44. The lowest BCUT2D eigenvalue weighted by Crippen LogP contribution is -2.00. The van der Waals surface area contributed by atoms with Gasteiger partial charge in [-0.2, -0.15) is 5.26 Å². The third kappa shape index (κ3) is 4.19. The second kappa shape index (κ2) is 8.80. The first kappa shape index (κ1) is 19.7. The van der Waals surface area contributed by atoms with Crippen molar-refractivity contribution in [3.63, 3.8) is 0 Å². The maximum Gasteiger partial charge on any atom is 0.196 e. The van der Waals surface area contributed by atoms with Crippen molar-refractivity contribution in [3.8, 4) is 28.9 Å². The zero-order valence-corrected chi connectivity index (χ0v) is 16.9. The summed E-state index contributed by atoms with van der Waals surface area (Å²) in [5.74, 6) is 1.75. The average molecular weight is 416 g/mol. The van der Waals surface area contributed by atoms with Crippen molar-refractivity contribution in [2.24, 2.45) is 0 Å². The topological polar surface area (TPSA) is 63.7 Å². The number of aromatic nitrogens is 3. The molecule has 0 aliphatic carbocycles. The Balaban J connectivity index is 1.70. The lowest BCUT2D eigenvalue weighted by Gasteiger charge is -2.11. The smallest absolute Gasteiger partial charge is 0.196 e. The molecule has 1 aromatic heterocycles. The van der Waals surface area contributed by atoms with Gasteiger partial charge in [-0.25, -0.2) is 4.39 Å². The molecule has 0 spiro atoms. The fourth-order valence-corrected chi connectivity index (χ4v) is 3.84. The molecule has 0 saturated heterocycles. The van der Waals surface area contributed by atoms with Crippen LogP contribution in [0.25, 0.3) is 17.1 Å². The molecular formula is C23H17FN4OS. The molecule has 0 N–H and O–H groups in total. The molecular weight excluding hydrogens is 399 g/mol. The second-order valence-corrected chi connectivity index (χ2v) is 7.39. The third-order valence-corrected chi connectivity index (χ3v) is 5.52. The molecule has 30 heavy (non-hydrogen) atoms. The summed E-state index contributed by atoms with van der Waals surface area (Å²) < 4.78 is 20.6. The predicted molar refractivity (Wildman–Crippen MR) is 114 cm³/mol. The van der Waals surface area contributed by atoms with Crippen LogP contribution in [0.4, 0.5) is 4.39 Å². The van der Waals surface area contributed by atoms with Crippen molar-refractivity contribution >= 4 is 11.8 Å². The van der Waals surface area contributed by atoms with E-state index in [4.69, 9.17) is 10.00 Å². The number of halogens is 1. The van der Waals surface area contributed by atoms with Crippen LogP contribution in [-0.2, 0) is 5.75 Å². The highest BCUT2D eigenvalue weighted by atomic mass is 32.2. The summed E-state index contributed by atoms with van der Waals surface area (Å²) in [6.07, 6.45) is 0. The highest BCUT2D eigenvalue weighted by molar-refractivity contribution is 7.98. The summed E-state index contributed by atoms with van der Waals surface area (Å²) >= 11 is 1.54. The lowest BCUT2D eigenvalue weighted by atomic mass is 10.2. The van der Waals surface area contributed by atoms with Crippen LogP contribution in [-0.4, -0.2) is 21.9 Å². The van der Waals surface area contributed by atoms with Gasteiger partial charge >= 0.3 is 0 Å². The number of nitrogens with zero attached hydrogens (tertiary/aromatic N) is 4. The van der Waals surface area contributed by atoms with Gasteiger partial charge in [0.1, 0.15) is 11.6 Å². The van der Waals surface area contributed by atoms with Gasteiger partial charge in [0.05, 0.1) is 18.7 Å². The first-order chi connectivity index (χ1) is 14.7. The van der Waals surface area contributed by atoms with Crippen LogP contribution in [0.3, 0.4) is 0 Å². The molecule has 4 rings (SSSR count). The minimum absolute atomic E-state index is 0.301. The maximum atomic E-state index is 13.4. The van der Waals surface area contributed by atoms with Crippen LogP contribution in [0.2, 0.25) is 0 Å². The number of thioether (sulfide) groups is 1. The normalized spacial score (nSPS) is 10.6. The van der Waals surface area contributed by atoms with Gasteiger partial charge in [0.2, 0.25) is 0 Å². The third-order valence-electron chi connectivity index (χ3n) is 4.52. The molecule has 5 nitrogen and oxygen atoms in total. The molecule has 1 heterocycles. The molecule has 0 amide bonds. The molecule has 0 atom stereocenters. The fourth-order valence-electron chi connectivity index (χ4n) is 2.94. The number of benzene rings is 3. The van der Waals surface area contributed by atoms with Crippen LogP contribution in [0.5, 0.6) is 5.75 Å². The summed E-state index contributed by atoms with van der Waals surface area (Å²) in [6.45, 7) is 0. The Hall–Kier alpha value is -3.63. The van der Waals surface area contributed by atoms with Gasteiger partial charge in [-0.15, -0.1) is 10.2 Å². The van der Waals surface area contributed by atoms with E-state index in [1.807, 2.05) is 41.0 Å². The molecule has 0 aliphatic rings. The van der Waals surface area contributed by atoms with E-state index in [0.717, 1.165) is 22.6 Å². The van der Waals surface area contributed by atoms with Crippen LogP contribution >= 0.6 is 11.8 Å². The minimum atomic E-state index is -0.301.